The van der Waals surface area contributed by atoms with E-state index in [4.69, 9.17) is 0 Å². The van der Waals surface area contributed by atoms with E-state index in [2.05, 4.69) is 53.6 Å². The van der Waals surface area contributed by atoms with E-state index in [1.54, 1.807) is 6.21 Å². The van der Waals surface area contributed by atoms with Crippen molar-refractivity contribution in [1.82, 2.24) is 5.32 Å². The van der Waals surface area contributed by atoms with E-state index in [-0.39, 0.29) is 5.91 Å². The molecule has 0 atom stereocenters. The quantitative estimate of drug-likeness (QED) is 0.694. The Hall–Kier alpha value is -2.40. The van der Waals surface area contributed by atoms with Crippen molar-refractivity contribution in [3.05, 3.63) is 59.2 Å². The molecule has 116 valence electrons. The Kier molecular flexibility index (Phi) is 4.57. The minimum absolute atomic E-state index is 0.0283. The maximum Gasteiger partial charge on any atom is 0.236 e. The highest BCUT2D eigenvalue weighted by atomic mass is 32.2. The van der Waals surface area contributed by atoms with Crippen LogP contribution in [0.5, 0.6) is 0 Å². The van der Waals surface area contributed by atoms with Crippen LogP contribution in [0.15, 0.2) is 52.7 Å². The first-order chi connectivity index (χ1) is 11.1. The molecule has 0 bridgehead atoms. The second-order valence-corrected chi connectivity index (χ2v) is 6.34. The van der Waals surface area contributed by atoms with Gasteiger partial charge in [0.05, 0.1) is 12.0 Å². The number of hydrogen-bond donors (Lipinski definition) is 1. The molecule has 1 saturated heterocycles. The number of nitrogens with zero attached hydrogens (tertiary/aromatic N) is 2. The summed E-state index contributed by atoms with van der Waals surface area (Å²) < 4.78 is 0. The monoisotopic (exact) mass is 323 g/mol. The van der Waals surface area contributed by atoms with Crippen LogP contribution >= 0.6 is 11.8 Å². The smallest absolute Gasteiger partial charge is 0.236 e. The van der Waals surface area contributed by atoms with E-state index in [0.717, 1.165) is 16.7 Å². The Labute approximate surface area is 139 Å². The Bertz CT molecular complexity index is 812. The van der Waals surface area contributed by atoms with E-state index >= 15 is 0 Å². The first-order valence-corrected chi connectivity index (χ1v) is 8.32. The summed E-state index contributed by atoms with van der Waals surface area (Å²) in [5, 5.41) is 11.4. The first-order valence-electron chi connectivity index (χ1n) is 7.34. The van der Waals surface area contributed by atoms with Gasteiger partial charge in [0.1, 0.15) is 0 Å². The number of aryl methyl sites for hydroxylation is 2. The summed E-state index contributed by atoms with van der Waals surface area (Å²) in [7, 11) is 0. The summed E-state index contributed by atoms with van der Waals surface area (Å²) in [4.78, 5) is 11.1. The van der Waals surface area contributed by atoms with E-state index in [9.17, 15) is 4.79 Å². The third-order valence-electron chi connectivity index (χ3n) is 3.71. The SMILES string of the molecule is Cc1ccc(-c2ccccc2C=NN=C2NC(=O)CS2)cc1C. The van der Waals surface area contributed by atoms with E-state index in [1.807, 2.05) is 18.2 Å². The molecule has 23 heavy (non-hydrogen) atoms. The number of rotatable bonds is 3. The van der Waals surface area contributed by atoms with Gasteiger partial charge in [0.2, 0.25) is 5.91 Å². The van der Waals surface area contributed by atoms with Crippen molar-refractivity contribution in [1.29, 1.82) is 0 Å². The average Bonchev–Trinajstić information content (AvgIpc) is 2.96. The summed E-state index contributed by atoms with van der Waals surface area (Å²) in [6.07, 6.45) is 1.72. The zero-order valence-corrected chi connectivity index (χ0v) is 13.9. The number of carbonyl (C=O) groups is 1. The predicted molar refractivity (Wildman–Crippen MR) is 97.0 cm³/mol. The van der Waals surface area contributed by atoms with Crippen molar-refractivity contribution in [2.45, 2.75) is 13.8 Å². The number of thioether (sulfide) groups is 1. The van der Waals surface area contributed by atoms with Crippen LogP contribution in [0.2, 0.25) is 0 Å². The van der Waals surface area contributed by atoms with Crippen LogP contribution < -0.4 is 5.32 Å². The molecule has 4 nitrogen and oxygen atoms in total. The maximum atomic E-state index is 11.1. The lowest BCUT2D eigenvalue weighted by atomic mass is 9.97. The molecular formula is C18H17N3OS. The lowest BCUT2D eigenvalue weighted by molar-refractivity contribution is -0.116. The normalized spacial score (nSPS) is 16.3. The van der Waals surface area contributed by atoms with Crippen LogP contribution in [0.4, 0.5) is 0 Å². The lowest BCUT2D eigenvalue weighted by Crippen LogP contribution is -2.19. The molecule has 3 rings (SSSR count). The van der Waals surface area contributed by atoms with Gasteiger partial charge in [0.25, 0.3) is 0 Å². The van der Waals surface area contributed by atoms with Gasteiger partial charge in [0.15, 0.2) is 5.17 Å². The number of carbonyl (C=O) groups excluding carboxylic acids is 1. The number of nitrogens with one attached hydrogen (secondary N) is 1. The highest BCUT2D eigenvalue weighted by molar-refractivity contribution is 8.15. The molecule has 1 aliphatic rings. The van der Waals surface area contributed by atoms with Gasteiger partial charge in [-0.05, 0) is 36.1 Å². The van der Waals surface area contributed by atoms with Gasteiger partial charge in [-0.1, -0.05) is 54.2 Å². The Morgan fingerprint density at radius 1 is 1.13 bits per heavy atom. The van der Waals surface area contributed by atoms with Gasteiger partial charge in [-0.25, -0.2) is 0 Å². The molecule has 1 aliphatic heterocycles. The van der Waals surface area contributed by atoms with E-state index < -0.39 is 0 Å². The summed E-state index contributed by atoms with van der Waals surface area (Å²) in [6, 6.07) is 14.5. The number of amidine groups is 1. The predicted octanol–water partition coefficient (Wildman–Crippen LogP) is 3.52. The average molecular weight is 323 g/mol. The summed E-state index contributed by atoms with van der Waals surface area (Å²) >= 11 is 1.37. The number of benzene rings is 2. The van der Waals surface area contributed by atoms with Crippen LogP contribution in [0.1, 0.15) is 16.7 Å². The van der Waals surface area contributed by atoms with Gasteiger partial charge in [-0.2, -0.15) is 5.10 Å². The van der Waals surface area contributed by atoms with Crippen molar-refractivity contribution in [2.24, 2.45) is 10.2 Å². The second kappa shape index (κ2) is 6.79. The highest BCUT2D eigenvalue weighted by Crippen LogP contribution is 2.25. The molecule has 0 saturated carbocycles. The van der Waals surface area contributed by atoms with Crippen LogP contribution in [-0.4, -0.2) is 23.0 Å². The fraction of sp³-hybridized carbons (Fsp3) is 0.167. The molecule has 0 radical (unpaired) electrons. The van der Waals surface area contributed by atoms with Gasteiger partial charge in [0, 0.05) is 5.56 Å². The minimum atomic E-state index is -0.0283. The van der Waals surface area contributed by atoms with Crippen LogP contribution in [0, 0.1) is 13.8 Å². The van der Waals surface area contributed by atoms with Gasteiger partial charge in [-0.3, -0.25) is 4.79 Å². The van der Waals surface area contributed by atoms with Crippen LogP contribution in [-0.2, 0) is 4.79 Å². The second-order valence-electron chi connectivity index (χ2n) is 5.37. The Morgan fingerprint density at radius 3 is 2.70 bits per heavy atom. The van der Waals surface area contributed by atoms with Crippen molar-refractivity contribution >= 4 is 29.1 Å². The maximum absolute atomic E-state index is 11.1. The van der Waals surface area contributed by atoms with Crippen LogP contribution in [0.3, 0.4) is 0 Å². The largest absolute Gasteiger partial charge is 0.303 e. The van der Waals surface area contributed by atoms with Gasteiger partial charge in [-0.15, -0.1) is 5.10 Å². The van der Waals surface area contributed by atoms with Crippen LogP contribution in [0.25, 0.3) is 11.1 Å². The summed E-state index contributed by atoms with van der Waals surface area (Å²) in [5.41, 5.74) is 5.81. The molecule has 0 aromatic heterocycles. The molecule has 5 heteroatoms. The zero-order chi connectivity index (χ0) is 16.2. The van der Waals surface area contributed by atoms with Gasteiger partial charge >= 0.3 is 0 Å². The third kappa shape index (κ3) is 3.68. The number of hydrogen-bond acceptors (Lipinski definition) is 4. The molecule has 0 unspecified atom stereocenters. The fourth-order valence-corrected chi connectivity index (χ4v) is 2.94. The molecule has 0 aliphatic carbocycles. The molecular weight excluding hydrogens is 306 g/mol. The highest BCUT2D eigenvalue weighted by Gasteiger charge is 2.15. The summed E-state index contributed by atoms with van der Waals surface area (Å²) in [5.74, 6) is 0.382. The zero-order valence-electron chi connectivity index (χ0n) is 13.0. The van der Waals surface area contributed by atoms with E-state index in [0.29, 0.717) is 10.9 Å². The van der Waals surface area contributed by atoms with E-state index in [1.165, 1.54) is 22.9 Å². The van der Waals surface area contributed by atoms with Gasteiger partial charge < -0.3 is 5.32 Å². The first kappa shape index (κ1) is 15.5. The third-order valence-corrected chi connectivity index (χ3v) is 4.57. The van der Waals surface area contributed by atoms with Crippen molar-refractivity contribution in [3.63, 3.8) is 0 Å². The molecule has 1 fully saturated rings. The summed E-state index contributed by atoms with van der Waals surface area (Å²) in [6.45, 7) is 4.22. The standard InChI is InChI=1S/C18H17N3OS/c1-12-7-8-14(9-13(12)2)16-6-4-3-5-15(16)10-19-21-18-20-17(22)11-23-18/h3-10H,11H2,1-2H3,(H,20,21,22). The fourth-order valence-electron chi connectivity index (χ4n) is 2.30. The lowest BCUT2D eigenvalue weighted by Gasteiger charge is -2.08. The molecule has 1 N–H and O–H groups in total. The minimum Gasteiger partial charge on any atom is -0.303 e. The molecule has 1 amide bonds. The molecule has 0 spiro atoms. The van der Waals surface area contributed by atoms with Crippen molar-refractivity contribution in [2.75, 3.05) is 5.75 Å². The van der Waals surface area contributed by atoms with Crippen molar-refractivity contribution < 1.29 is 4.79 Å². The number of amides is 1. The molecule has 1 heterocycles. The Balaban J connectivity index is 1.88. The molecule has 2 aromatic carbocycles. The van der Waals surface area contributed by atoms with Crippen molar-refractivity contribution in [3.8, 4) is 11.1 Å². The topological polar surface area (TPSA) is 53.8 Å². The Morgan fingerprint density at radius 2 is 1.96 bits per heavy atom. The molecule has 2 aromatic rings.